The highest BCUT2D eigenvalue weighted by atomic mass is 16.1. The summed E-state index contributed by atoms with van der Waals surface area (Å²) in [6.07, 6.45) is 2.92. The maximum absolute atomic E-state index is 12.5. The van der Waals surface area contributed by atoms with E-state index >= 15 is 0 Å². The Hall–Kier alpha value is -1.93. The van der Waals surface area contributed by atoms with E-state index in [2.05, 4.69) is 43.0 Å². The van der Waals surface area contributed by atoms with Gasteiger partial charge in [0.25, 0.3) is 0 Å². The van der Waals surface area contributed by atoms with Gasteiger partial charge in [0.05, 0.1) is 0 Å². The van der Waals surface area contributed by atoms with Crippen LogP contribution in [0.4, 0.5) is 0 Å². The minimum Gasteiger partial charge on any atom is -0.299 e. The van der Waals surface area contributed by atoms with Crippen LogP contribution in [-0.2, 0) is 11.8 Å². The molecule has 2 nitrogen and oxygen atoms in total. The molecule has 1 fully saturated rings. The number of piperidine rings is 1. The molecule has 25 heavy (non-hydrogen) atoms. The molecule has 2 aliphatic rings. The number of Topliss-reactive ketones (excluding diaryl/α,β-unsaturated/α-hetero) is 1. The Kier molecular flexibility index (Phi) is 4.24. The Balaban J connectivity index is 1.50. The highest BCUT2D eigenvalue weighted by Gasteiger charge is 2.47. The number of nitrogens with zero attached hydrogens (tertiary/aromatic N) is 1. The first kappa shape index (κ1) is 16.5. The van der Waals surface area contributed by atoms with Gasteiger partial charge in [-0.15, -0.1) is 0 Å². The van der Waals surface area contributed by atoms with Crippen LogP contribution >= 0.6 is 0 Å². The zero-order valence-electron chi connectivity index (χ0n) is 15.2. The maximum Gasteiger partial charge on any atom is 0.164 e. The number of rotatable bonds is 4. The molecule has 0 radical (unpaired) electrons. The summed E-state index contributed by atoms with van der Waals surface area (Å²) in [4.78, 5) is 15.0. The first-order valence-electron chi connectivity index (χ1n) is 9.50. The number of hydrogen-bond donors (Lipinski definition) is 0. The van der Waals surface area contributed by atoms with Gasteiger partial charge in [0, 0.05) is 24.6 Å². The monoisotopic (exact) mass is 333 g/mol. The van der Waals surface area contributed by atoms with Crippen LogP contribution in [-0.4, -0.2) is 29.8 Å². The topological polar surface area (TPSA) is 20.3 Å². The normalized spacial score (nSPS) is 28.4. The predicted molar refractivity (Wildman–Crippen MR) is 102 cm³/mol. The Bertz CT molecular complexity index is 769. The Morgan fingerprint density at radius 3 is 2.64 bits per heavy atom. The maximum atomic E-state index is 12.5. The van der Waals surface area contributed by atoms with Gasteiger partial charge >= 0.3 is 0 Å². The lowest BCUT2D eigenvalue weighted by atomic mass is 9.59. The molecule has 0 N–H and O–H groups in total. The molecular weight excluding hydrogens is 306 g/mol. The molecule has 0 spiro atoms. The van der Waals surface area contributed by atoms with Crippen molar-refractivity contribution in [3.63, 3.8) is 0 Å². The van der Waals surface area contributed by atoms with Gasteiger partial charge in [-0.1, -0.05) is 68.4 Å². The van der Waals surface area contributed by atoms with Crippen LogP contribution in [0.3, 0.4) is 0 Å². The number of ketones is 1. The molecule has 2 aromatic carbocycles. The van der Waals surface area contributed by atoms with Crippen molar-refractivity contribution in [2.45, 2.75) is 44.6 Å². The van der Waals surface area contributed by atoms with Crippen molar-refractivity contribution in [1.82, 2.24) is 4.90 Å². The molecule has 3 atom stereocenters. The highest BCUT2D eigenvalue weighted by molar-refractivity contribution is 5.96. The quantitative estimate of drug-likeness (QED) is 0.769. The average Bonchev–Trinajstić information content (AvgIpc) is 2.64. The van der Waals surface area contributed by atoms with Gasteiger partial charge in [-0.25, -0.2) is 0 Å². The van der Waals surface area contributed by atoms with Gasteiger partial charge in [-0.2, -0.15) is 0 Å². The summed E-state index contributed by atoms with van der Waals surface area (Å²) >= 11 is 0. The van der Waals surface area contributed by atoms with Gasteiger partial charge in [0.1, 0.15) is 0 Å². The van der Waals surface area contributed by atoms with Crippen molar-refractivity contribution >= 4 is 5.78 Å². The van der Waals surface area contributed by atoms with Crippen LogP contribution in [0.15, 0.2) is 54.6 Å². The predicted octanol–water partition coefficient (Wildman–Crippen LogP) is 4.48. The molecule has 2 heteroatoms. The van der Waals surface area contributed by atoms with Crippen LogP contribution in [0.5, 0.6) is 0 Å². The van der Waals surface area contributed by atoms with Crippen molar-refractivity contribution in [1.29, 1.82) is 0 Å². The first-order chi connectivity index (χ1) is 12.1. The van der Waals surface area contributed by atoms with Crippen molar-refractivity contribution < 1.29 is 4.79 Å². The van der Waals surface area contributed by atoms with Crippen LogP contribution in [0.25, 0.3) is 0 Å². The number of fused-ring (bicyclic) bond motifs is 4. The Labute approximate surface area is 150 Å². The van der Waals surface area contributed by atoms with Gasteiger partial charge in [0.15, 0.2) is 5.78 Å². The fourth-order valence-electron chi connectivity index (χ4n) is 4.97. The fourth-order valence-corrected chi connectivity index (χ4v) is 4.97. The van der Waals surface area contributed by atoms with E-state index in [0.29, 0.717) is 18.4 Å². The van der Waals surface area contributed by atoms with Crippen LogP contribution in [0.1, 0.15) is 48.2 Å². The fraction of sp³-hybridized carbons (Fsp3) is 0.435. The third-order valence-electron chi connectivity index (χ3n) is 6.75. The van der Waals surface area contributed by atoms with E-state index in [1.165, 1.54) is 12.0 Å². The van der Waals surface area contributed by atoms with Gasteiger partial charge in [-0.05, 0) is 41.8 Å². The molecule has 0 amide bonds. The number of carbonyl (C=O) groups excluding carboxylic acids is 1. The lowest BCUT2D eigenvalue weighted by Crippen LogP contribution is -2.58. The third kappa shape index (κ3) is 2.83. The van der Waals surface area contributed by atoms with E-state index < -0.39 is 0 Å². The second kappa shape index (κ2) is 6.42. The van der Waals surface area contributed by atoms with E-state index in [4.69, 9.17) is 0 Å². The van der Waals surface area contributed by atoms with Crippen molar-refractivity contribution in [3.8, 4) is 0 Å². The summed E-state index contributed by atoms with van der Waals surface area (Å²) < 4.78 is 0. The lowest BCUT2D eigenvalue weighted by molar-refractivity contribution is 0.0307. The van der Waals surface area contributed by atoms with E-state index in [9.17, 15) is 4.79 Å². The summed E-state index contributed by atoms with van der Waals surface area (Å²) in [7, 11) is 0. The van der Waals surface area contributed by atoms with E-state index in [-0.39, 0.29) is 11.2 Å². The van der Waals surface area contributed by atoms with E-state index in [1.807, 2.05) is 30.3 Å². The zero-order valence-corrected chi connectivity index (χ0v) is 15.2. The molecule has 0 saturated carbocycles. The number of benzene rings is 2. The molecule has 2 aromatic rings. The van der Waals surface area contributed by atoms with Crippen molar-refractivity contribution in [2.75, 3.05) is 13.1 Å². The van der Waals surface area contributed by atoms with E-state index in [0.717, 1.165) is 25.1 Å². The molecule has 2 bridgehead atoms. The molecule has 1 saturated heterocycles. The van der Waals surface area contributed by atoms with Gasteiger partial charge < -0.3 is 0 Å². The molecule has 1 heterocycles. The second-order valence-electron chi connectivity index (χ2n) is 7.96. The standard InChI is InChI=1S/C23H27NO/c1-17-21-16-19-10-6-7-11-20(19)23(17,2)13-15-24(21)14-12-22(25)18-8-4-3-5-9-18/h3-11,17,21H,12-16H2,1-2H3/t17-,21-,23+/m0/s1. The molecule has 0 unspecified atom stereocenters. The molecule has 1 aliphatic heterocycles. The second-order valence-corrected chi connectivity index (χ2v) is 7.96. The van der Waals surface area contributed by atoms with Crippen molar-refractivity contribution in [2.24, 2.45) is 5.92 Å². The van der Waals surface area contributed by atoms with Crippen LogP contribution < -0.4 is 0 Å². The van der Waals surface area contributed by atoms with Crippen LogP contribution in [0, 0.1) is 5.92 Å². The van der Waals surface area contributed by atoms with Gasteiger partial charge in [0.2, 0.25) is 0 Å². The Morgan fingerprint density at radius 2 is 1.84 bits per heavy atom. The summed E-state index contributed by atoms with van der Waals surface area (Å²) in [5, 5.41) is 0. The summed E-state index contributed by atoms with van der Waals surface area (Å²) in [5.74, 6) is 0.890. The molecule has 1 aliphatic carbocycles. The SMILES string of the molecule is C[C@H]1[C@@H]2Cc3ccccc3[C@]1(C)CCN2CCC(=O)c1ccccc1. The van der Waals surface area contributed by atoms with E-state index in [1.54, 1.807) is 5.56 Å². The minimum absolute atomic E-state index is 0.262. The summed E-state index contributed by atoms with van der Waals surface area (Å²) in [6, 6.07) is 19.2. The molecular formula is C23H27NO. The first-order valence-corrected chi connectivity index (χ1v) is 9.50. The number of likely N-dealkylation sites (tertiary alicyclic amines) is 1. The van der Waals surface area contributed by atoms with Gasteiger partial charge in [-0.3, -0.25) is 9.69 Å². The summed E-state index contributed by atoms with van der Waals surface area (Å²) in [6.45, 7) is 6.82. The zero-order chi connectivity index (χ0) is 17.4. The van der Waals surface area contributed by atoms with Crippen LogP contribution in [0.2, 0.25) is 0 Å². The number of hydrogen-bond acceptors (Lipinski definition) is 2. The molecule has 4 rings (SSSR count). The smallest absolute Gasteiger partial charge is 0.164 e. The highest BCUT2D eigenvalue weighted by Crippen LogP contribution is 2.48. The summed E-state index contributed by atoms with van der Waals surface area (Å²) in [5.41, 5.74) is 4.18. The molecule has 130 valence electrons. The third-order valence-corrected chi connectivity index (χ3v) is 6.75. The molecule has 0 aromatic heterocycles. The number of carbonyl (C=O) groups is 1. The lowest BCUT2D eigenvalue weighted by Gasteiger charge is -2.54. The van der Waals surface area contributed by atoms with Crippen molar-refractivity contribution in [3.05, 3.63) is 71.3 Å². The minimum atomic E-state index is 0.262. The Morgan fingerprint density at radius 1 is 1.12 bits per heavy atom. The largest absolute Gasteiger partial charge is 0.299 e. The average molecular weight is 333 g/mol.